The van der Waals surface area contributed by atoms with Crippen LogP contribution in [0.25, 0.3) is 5.76 Å². The molecule has 1 aromatic carbocycles. The number of methoxy groups -OCH3 is 1. The van der Waals surface area contributed by atoms with E-state index >= 15 is 0 Å². The minimum Gasteiger partial charge on any atom is -0.497 e. The molecule has 4 nitrogen and oxygen atoms in total. The van der Waals surface area contributed by atoms with Crippen LogP contribution in [0.15, 0.2) is 42.0 Å². The predicted molar refractivity (Wildman–Crippen MR) is 85.5 cm³/mol. The lowest BCUT2D eigenvalue weighted by Gasteiger charge is -2.14. The molecule has 1 atom stereocenters. The van der Waals surface area contributed by atoms with Crippen molar-refractivity contribution in [3.05, 3.63) is 47.6 Å². The molecule has 0 amide bonds. The Morgan fingerprint density at radius 1 is 1.32 bits per heavy atom. The fourth-order valence-electron chi connectivity index (χ4n) is 2.37. The zero-order valence-corrected chi connectivity index (χ0v) is 13.3. The molecule has 2 rings (SSSR count). The van der Waals surface area contributed by atoms with E-state index in [1.54, 1.807) is 14.0 Å². The number of ether oxygens (including phenoxy) is 3. The summed E-state index contributed by atoms with van der Waals surface area (Å²) in [6, 6.07) is 7.45. The highest BCUT2D eigenvalue weighted by molar-refractivity contribution is 5.97. The van der Waals surface area contributed by atoms with Crippen molar-refractivity contribution in [3.8, 4) is 5.75 Å². The normalized spacial score (nSPS) is 17.1. The highest BCUT2D eigenvalue weighted by Crippen LogP contribution is 2.36. The van der Waals surface area contributed by atoms with E-state index in [9.17, 15) is 4.79 Å². The molecule has 0 spiro atoms. The number of carbonyl (C=O) groups is 1. The highest BCUT2D eigenvalue weighted by atomic mass is 16.5. The number of hydrogen-bond acceptors (Lipinski definition) is 4. The largest absolute Gasteiger partial charge is 0.497 e. The average Bonchev–Trinajstić information content (AvgIpc) is 2.99. The number of carbonyl (C=O) groups excluding carboxylic acids is 1. The molecule has 1 unspecified atom stereocenters. The third-order valence-electron chi connectivity index (χ3n) is 3.71. The summed E-state index contributed by atoms with van der Waals surface area (Å²) in [6.07, 6.45) is 1.16. The van der Waals surface area contributed by atoms with E-state index in [0.29, 0.717) is 24.4 Å². The van der Waals surface area contributed by atoms with E-state index in [1.807, 2.05) is 31.2 Å². The van der Waals surface area contributed by atoms with Crippen LogP contribution >= 0.6 is 0 Å². The third-order valence-corrected chi connectivity index (χ3v) is 3.71. The zero-order chi connectivity index (χ0) is 16.1. The molecule has 0 bridgehead atoms. The first kappa shape index (κ1) is 16.1. The molecule has 0 aromatic heterocycles. The summed E-state index contributed by atoms with van der Waals surface area (Å²) in [4.78, 5) is 12.2. The second-order valence-corrected chi connectivity index (χ2v) is 5.08. The lowest BCUT2D eigenvalue weighted by molar-refractivity contribution is -0.138. The van der Waals surface area contributed by atoms with Crippen molar-refractivity contribution < 1.29 is 19.0 Å². The van der Waals surface area contributed by atoms with E-state index < -0.39 is 0 Å². The second-order valence-electron chi connectivity index (χ2n) is 5.08. The number of hydrogen-bond donors (Lipinski definition) is 0. The summed E-state index contributed by atoms with van der Waals surface area (Å²) in [7, 11) is 1.62. The maximum Gasteiger partial charge on any atom is 0.337 e. The summed E-state index contributed by atoms with van der Waals surface area (Å²) >= 11 is 0. The standard InChI is InChI=1S/C18H22O4/c1-5-12(3)16-11-15(18(19)21-6-2)17(22-16)13-7-9-14(20-4)10-8-13/h7-10,16H,3,5-6,11H2,1-2,4H3. The smallest absolute Gasteiger partial charge is 0.337 e. The lowest BCUT2D eigenvalue weighted by atomic mass is 10.0. The van der Waals surface area contributed by atoms with E-state index in [-0.39, 0.29) is 12.1 Å². The molecular weight excluding hydrogens is 280 g/mol. The van der Waals surface area contributed by atoms with Crippen molar-refractivity contribution in [3.63, 3.8) is 0 Å². The Labute approximate surface area is 131 Å². The first-order valence-electron chi connectivity index (χ1n) is 7.49. The molecule has 1 aliphatic rings. The molecule has 22 heavy (non-hydrogen) atoms. The molecule has 1 heterocycles. The van der Waals surface area contributed by atoms with E-state index in [4.69, 9.17) is 14.2 Å². The van der Waals surface area contributed by atoms with Crippen molar-refractivity contribution in [2.24, 2.45) is 0 Å². The predicted octanol–water partition coefficient (Wildman–Crippen LogP) is 3.72. The molecule has 1 aromatic rings. The molecule has 0 fully saturated rings. The van der Waals surface area contributed by atoms with Crippen molar-refractivity contribution in [2.75, 3.05) is 13.7 Å². The van der Waals surface area contributed by atoms with Gasteiger partial charge in [-0.05, 0) is 43.2 Å². The van der Waals surface area contributed by atoms with Gasteiger partial charge in [-0.25, -0.2) is 4.79 Å². The van der Waals surface area contributed by atoms with Crippen molar-refractivity contribution >= 4 is 11.7 Å². The first-order valence-corrected chi connectivity index (χ1v) is 7.49. The minimum absolute atomic E-state index is 0.165. The van der Waals surface area contributed by atoms with Gasteiger partial charge < -0.3 is 14.2 Å². The lowest BCUT2D eigenvalue weighted by Crippen LogP contribution is -2.11. The molecule has 0 aliphatic carbocycles. The number of benzene rings is 1. The van der Waals surface area contributed by atoms with E-state index in [0.717, 1.165) is 23.3 Å². The van der Waals surface area contributed by atoms with Crippen LogP contribution in [0, 0.1) is 0 Å². The van der Waals surface area contributed by atoms with Crippen molar-refractivity contribution in [1.29, 1.82) is 0 Å². The van der Waals surface area contributed by atoms with Crippen molar-refractivity contribution in [1.82, 2.24) is 0 Å². The Morgan fingerprint density at radius 3 is 2.55 bits per heavy atom. The van der Waals surface area contributed by atoms with Crippen LogP contribution in [0.3, 0.4) is 0 Å². The van der Waals surface area contributed by atoms with Crippen LogP contribution in [0.1, 0.15) is 32.3 Å². The van der Waals surface area contributed by atoms with Gasteiger partial charge in [-0.3, -0.25) is 0 Å². The zero-order valence-electron chi connectivity index (χ0n) is 13.3. The monoisotopic (exact) mass is 302 g/mol. The van der Waals surface area contributed by atoms with Gasteiger partial charge in [0.05, 0.1) is 19.3 Å². The van der Waals surface area contributed by atoms with Gasteiger partial charge in [-0.15, -0.1) is 0 Å². The quantitative estimate of drug-likeness (QED) is 0.593. The fraction of sp³-hybridized carbons (Fsp3) is 0.389. The Balaban J connectivity index is 2.33. The topological polar surface area (TPSA) is 44.8 Å². The summed E-state index contributed by atoms with van der Waals surface area (Å²) in [5, 5.41) is 0. The van der Waals surface area contributed by atoms with Gasteiger partial charge in [-0.1, -0.05) is 13.5 Å². The van der Waals surface area contributed by atoms with E-state index in [2.05, 4.69) is 6.58 Å². The molecule has 118 valence electrons. The molecule has 0 saturated carbocycles. The Hall–Kier alpha value is -2.23. The van der Waals surface area contributed by atoms with Gasteiger partial charge in [0.15, 0.2) is 0 Å². The molecule has 0 N–H and O–H groups in total. The molecule has 4 heteroatoms. The summed E-state index contributed by atoms with van der Waals surface area (Å²) in [5.74, 6) is 1.02. The second kappa shape index (κ2) is 7.16. The molecule has 0 saturated heterocycles. The van der Waals surface area contributed by atoms with Crippen LogP contribution in [0.4, 0.5) is 0 Å². The molecule has 1 aliphatic heterocycles. The van der Waals surface area contributed by atoms with Crippen LogP contribution in [-0.4, -0.2) is 25.8 Å². The molecule has 0 radical (unpaired) electrons. The maximum atomic E-state index is 12.2. The summed E-state index contributed by atoms with van der Waals surface area (Å²) in [5.41, 5.74) is 2.40. The maximum absolute atomic E-state index is 12.2. The van der Waals surface area contributed by atoms with Crippen molar-refractivity contribution in [2.45, 2.75) is 32.8 Å². The SMILES string of the molecule is C=C(CC)C1CC(C(=O)OCC)=C(c2ccc(OC)cc2)O1. The highest BCUT2D eigenvalue weighted by Gasteiger charge is 2.32. The summed E-state index contributed by atoms with van der Waals surface area (Å²) < 4.78 is 16.3. The van der Waals surface area contributed by atoms with Gasteiger partial charge in [0.2, 0.25) is 0 Å². The van der Waals surface area contributed by atoms with Crippen LogP contribution < -0.4 is 4.74 Å². The van der Waals surface area contributed by atoms with Crippen LogP contribution in [0.5, 0.6) is 5.75 Å². The van der Waals surface area contributed by atoms with Gasteiger partial charge >= 0.3 is 5.97 Å². The van der Waals surface area contributed by atoms with E-state index in [1.165, 1.54) is 0 Å². The minimum atomic E-state index is -0.320. The van der Waals surface area contributed by atoms with Crippen LogP contribution in [0.2, 0.25) is 0 Å². The van der Waals surface area contributed by atoms with Gasteiger partial charge in [-0.2, -0.15) is 0 Å². The molecular formula is C18H22O4. The van der Waals surface area contributed by atoms with Gasteiger partial charge in [0.25, 0.3) is 0 Å². The first-order chi connectivity index (χ1) is 10.6. The number of esters is 1. The Kier molecular flexibility index (Phi) is 5.26. The Bertz CT molecular complexity index is 584. The van der Waals surface area contributed by atoms with Gasteiger partial charge in [0, 0.05) is 12.0 Å². The average molecular weight is 302 g/mol. The van der Waals surface area contributed by atoms with Gasteiger partial charge in [0.1, 0.15) is 17.6 Å². The fourth-order valence-corrected chi connectivity index (χ4v) is 2.37. The third kappa shape index (κ3) is 3.32. The Morgan fingerprint density at radius 2 is 2.00 bits per heavy atom. The number of rotatable bonds is 6. The van der Waals surface area contributed by atoms with Crippen LogP contribution in [-0.2, 0) is 14.3 Å². The summed E-state index contributed by atoms with van der Waals surface area (Å²) in [6.45, 7) is 8.20.